The zero-order valence-electron chi connectivity index (χ0n) is 11.5. The van der Waals surface area contributed by atoms with Gasteiger partial charge in [-0.2, -0.15) is 0 Å². The maximum atomic E-state index is 12.8. The average Bonchev–Trinajstić information content (AvgIpc) is 2.36. The fraction of sp³-hybridized carbons (Fsp3) is 0.357. The molecule has 0 fully saturated rings. The van der Waals surface area contributed by atoms with Gasteiger partial charge < -0.3 is 10.2 Å². The van der Waals surface area contributed by atoms with E-state index >= 15 is 0 Å². The second-order valence-corrected chi connectivity index (χ2v) is 4.76. The third-order valence-electron chi connectivity index (χ3n) is 2.86. The summed E-state index contributed by atoms with van der Waals surface area (Å²) in [5, 5.41) is 17.6. The fourth-order valence-corrected chi connectivity index (χ4v) is 1.97. The Kier molecular flexibility index (Phi) is 5.98. The van der Waals surface area contributed by atoms with Crippen LogP contribution in [0, 0.1) is 11.7 Å². The first-order chi connectivity index (χ1) is 9.79. The van der Waals surface area contributed by atoms with E-state index in [0.29, 0.717) is 0 Å². The Labute approximate surface area is 120 Å². The minimum atomic E-state index is -1.15. The number of carboxylic acid groups (broad SMARTS) is 2. The van der Waals surface area contributed by atoms with Crippen molar-refractivity contribution in [2.24, 2.45) is 5.92 Å². The number of ketones is 1. The molecular weight excluding hydrogens is 281 g/mol. The maximum absolute atomic E-state index is 12.8. The number of hydrogen-bond acceptors (Lipinski definition) is 4. The second-order valence-electron chi connectivity index (χ2n) is 4.76. The minimum Gasteiger partial charge on any atom is -0.481 e. The first kappa shape index (κ1) is 16.8. The Morgan fingerprint density at radius 2 is 1.71 bits per heavy atom. The summed E-state index contributed by atoms with van der Waals surface area (Å²) in [6.07, 6.45) is -0.416. The highest BCUT2D eigenvalue weighted by molar-refractivity contribution is 5.99. The smallest absolute Gasteiger partial charge is 0.317 e. The highest BCUT2D eigenvalue weighted by Gasteiger charge is 2.25. The number of rotatable bonds is 8. The summed E-state index contributed by atoms with van der Waals surface area (Å²) in [7, 11) is 1.49. The average molecular weight is 297 g/mol. The normalized spacial score (nSPS) is 12.1. The fourth-order valence-electron chi connectivity index (χ4n) is 1.97. The van der Waals surface area contributed by atoms with Crippen molar-refractivity contribution >= 4 is 17.7 Å². The molecule has 2 N–H and O–H groups in total. The van der Waals surface area contributed by atoms with Crippen LogP contribution in [-0.2, 0) is 9.59 Å². The number of likely N-dealkylation sites (N-methyl/N-ethyl adjacent to an activating group) is 1. The maximum Gasteiger partial charge on any atom is 0.317 e. The number of benzene rings is 1. The summed E-state index contributed by atoms with van der Waals surface area (Å²) in [6.45, 7) is -0.304. The van der Waals surface area contributed by atoms with E-state index in [-0.39, 0.29) is 18.7 Å². The van der Waals surface area contributed by atoms with Gasteiger partial charge in [-0.1, -0.05) is 0 Å². The largest absolute Gasteiger partial charge is 0.481 e. The summed E-state index contributed by atoms with van der Waals surface area (Å²) < 4.78 is 12.8. The number of carbonyl (C=O) groups is 3. The second kappa shape index (κ2) is 7.49. The molecule has 0 aliphatic rings. The van der Waals surface area contributed by atoms with Crippen LogP contribution in [0.25, 0.3) is 0 Å². The zero-order valence-corrected chi connectivity index (χ0v) is 11.5. The molecule has 0 aliphatic carbocycles. The van der Waals surface area contributed by atoms with Crippen molar-refractivity contribution in [3.05, 3.63) is 35.6 Å². The summed E-state index contributed by atoms with van der Waals surface area (Å²) in [6, 6.07) is 4.80. The van der Waals surface area contributed by atoms with Crippen LogP contribution in [0.4, 0.5) is 4.39 Å². The van der Waals surface area contributed by atoms with Gasteiger partial charge in [0.05, 0.1) is 13.0 Å². The predicted octanol–water partition coefficient (Wildman–Crippen LogP) is 1.12. The van der Waals surface area contributed by atoms with E-state index in [0.717, 1.165) is 12.1 Å². The number of hydrogen-bond donors (Lipinski definition) is 2. The van der Waals surface area contributed by atoms with E-state index in [4.69, 9.17) is 10.2 Å². The molecule has 0 amide bonds. The van der Waals surface area contributed by atoms with Crippen molar-refractivity contribution in [3.63, 3.8) is 0 Å². The topological polar surface area (TPSA) is 94.9 Å². The van der Waals surface area contributed by atoms with E-state index in [1.54, 1.807) is 0 Å². The Balaban J connectivity index is 2.85. The van der Waals surface area contributed by atoms with Crippen molar-refractivity contribution in [3.8, 4) is 0 Å². The molecule has 0 aliphatic heterocycles. The Morgan fingerprint density at radius 3 is 2.19 bits per heavy atom. The molecule has 1 unspecified atom stereocenters. The molecule has 0 heterocycles. The van der Waals surface area contributed by atoms with Gasteiger partial charge in [0.1, 0.15) is 5.82 Å². The van der Waals surface area contributed by atoms with Crippen molar-refractivity contribution < 1.29 is 29.0 Å². The Hall–Kier alpha value is -2.28. The van der Waals surface area contributed by atoms with Crippen molar-refractivity contribution in [1.29, 1.82) is 0 Å². The molecule has 0 bridgehead atoms. The summed E-state index contributed by atoms with van der Waals surface area (Å²) in [5.74, 6) is -4.06. The lowest BCUT2D eigenvalue weighted by Gasteiger charge is -2.20. The van der Waals surface area contributed by atoms with Crippen LogP contribution in [-0.4, -0.2) is 53.0 Å². The zero-order chi connectivity index (χ0) is 16.0. The van der Waals surface area contributed by atoms with E-state index in [1.165, 1.54) is 24.1 Å². The Morgan fingerprint density at radius 1 is 1.14 bits per heavy atom. The van der Waals surface area contributed by atoms with Gasteiger partial charge >= 0.3 is 11.9 Å². The van der Waals surface area contributed by atoms with Crippen LogP contribution >= 0.6 is 0 Å². The van der Waals surface area contributed by atoms with Gasteiger partial charge in [-0.05, 0) is 31.3 Å². The molecule has 0 radical (unpaired) electrons. The van der Waals surface area contributed by atoms with Crippen LogP contribution in [0.1, 0.15) is 16.8 Å². The van der Waals surface area contributed by atoms with Crippen LogP contribution in [0.2, 0.25) is 0 Å². The number of aliphatic carboxylic acids is 2. The molecule has 1 atom stereocenters. The number of Topliss-reactive ketones (excluding diaryl/α,β-unsaturated/α-hetero) is 1. The molecule has 0 aromatic heterocycles. The lowest BCUT2D eigenvalue weighted by molar-refractivity contribution is -0.138. The lowest BCUT2D eigenvalue weighted by atomic mass is 9.94. The molecule has 114 valence electrons. The van der Waals surface area contributed by atoms with Gasteiger partial charge in [-0.25, -0.2) is 4.39 Å². The van der Waals surface area contributed by atoms with E-state index in [1.807, 2.05) is 0 Å². The number of nitrogens with zero attached hydrogens (tertiary/aromatic N) is 1. The van der Waals surface area contributed by atoms with Gasteiger partial charge in [-0.3, -0.25) is 19.3 Å². The van der Waals surface area contributed by atoms with Crippen LogP contribution in [0.3, 0.4) is 0 Å². The molecule has 0 spiro atoms. The van der Waals surface area contributed by atoms with Crippen molar-refractivity contribution in [2.45, 2.75) is 6.42 Å². The van der Waals surface area contributed by atoms with Gasteiger partial charge in [-0.15, -0.1) is 0 Å². The molecule has 1 aromatic rings. The van der Waals surface area contributed by atoms with E-state index in [2.05, 4.69) is 0 Å². The van der Waals surface area contributed by atoms with Crippen molar-refractivity contribution in [2.75, 3.05) is 20.1 Å². The summed E-state index contributed by atoms with van der Waals surface area (Å²) >= 11 is 0. The molecule has 6 nitrogen and oxygen atoms in total. The Bertz CT molecular complexity index is 529. The number of carboxylic acids is 2. The van der Waals surface area contributed by atoms with Gasteiger partial charge in [0.2, 0.25) is 0 Å². The third-order valence-corrected chi connectivity index (χ3v) is 2.86. The lowest BCUT2D eigenvalue weighted by Crippen LogP contribution is -2.35. The monoisotopic (exact) mass is 297 g/mol. The molecule has 21 heavy (non-hydrogen) atoms. The first-order valence-electron chi connectivity index (χ1n) is 6.21. The van der Waals surface area contributed by atoms with Crippen LogP contribution in [0.15, 0.2) is 24.3 Å². The molecule has 1 aromatic carbocycles. The minimum absolute atomic E-state index is 0.00515. The summed E-state index contributed by atoms with van der Waals surface area (Å²) in [5.41, 5.74) is 0.200. The highest BCUT2D eigenvalue weighted by Crippen LogP contribution is 2.15. The molecule has 0 saturated heterocycles. The van der Waals surface area contributed by atoms with Crippen LogP contribution in [0.5, 0.6) is 0 Å². The molecule has 7 heteroatoms. The third kappa shape index (κ3) is 5.70. The standard InChI is InChI=1S/C14H16FNO5/c1-16(8-13(19)20)7-10(6-12(17)18)14(21)9-2-4-11(15)5-3-9/h2-5,10H,6-8H2,1H3,(H,17,18)(H,19,20). The summed E-state index contributed by atoms with van der Waals surface area (Å²) in [4.78, 5) is 35.1. The molecule has 0 saturated carbocycles. The predicted molar refractivity (Wildman–Crippen MR) is 71.6 cm³/mol. The van der Waals surface area contributed by atoms with Crippen LogP contribution < -0.4 is 0 Å². The number of carbonyl (C=O) groups excluding carboxylic acids is 1. The van der Waals surface area contributed by atoms with Gasteiger partial charge in [0.25, 0.3) is 0 Å². The molecule has 1 rings (SSSR count). The van der Waals surface area contributed by atoms with Crippen molar-refractivity contribution in [1.82, 2.24) is 4.90 Å². The van der Waals surface area contributed by atoms with E-state index < -0.39 is 35.9 Å². The van der Waals surface area contributed by atoms with Gasteiger partial charge in [0, 0.05) is 18.0 Å². The number of halogens is 1. The SMILES string of the molecule is CN(CC(=O)O)CC(CC(=O)O)C(=O)c1ccc(F)cc1. The quantitative estimate of drug-likeness (QED) is 0.698. The first-order valence-corrected chi connectivity index (χ1v) is 6.21. The van der Waals surface area contributed by atoms with Gasteiger partial charge in [0.15, 0.2) is 5.78 Å². The van der Waals surface area contributed by atoms with E-state index in [9.17, 15) is 18.8 Å². The molecular formula is C14H16FNO5. The highest BCUT2D eigenvalue weighted by atomic mass is 19.1.